The first-order chi connectivity index (χ1) is 14.4. The lowest BCUT2D eigenvalue weighted by molar-refractivity contribution is -0.137. The van der Waals surface area contributed by atoms with Gasteiger partial charge in [-0.05, 0) is 42.5 Å². The van der Waals surface area contributed by atoms with E-state index in [0.29, 0.717) is 30.2 Å². The van der Waals surface area contributed by atoms with E-state index in [-0.39, 0.29) is 17.9 Å². The number of likely N-dealkylation sites (tertiary alicyclic amines) is 1. The van der Waals surface area contributed by atoms with Crippen molar-refractivity contribution in [2.75, 3.05) is 13.1 Å². The van der Waals surface area contributed by atoms with Gasteiger partial charge in [0, 0.05) is 17.8 Å². The summed E-state index contributed by atoms with van der Waals surface area (Å²) in [5.74, 6) is 1.27. The molecule has 3 aromatic rings. The van der Waals surface area contributed by atoms with Crippen LogP contribution in [0.15, 0.2) is 72.9 Å². The van der Waals surface area contributed by atoms with Crippen LogP contribution in [0.3, 0.4) is 0 Å². The van der Waals surface area contributed by atoms with E-state index < -0.39 is 11.7 Å². The Morgan fingerprint density at radius 1 is 0.933 bits per heavy atom. The second kappa shape index (κ2) is 8.06. The summed E-state index contributed by atoms with van der Waals surface area (Å²) >= 11 is 0. The fourth-order valence-corrected chi connectivity index (χ4v) is 2.94. The Balaban J connectivity index is 1.29. The summed E-state index contributed by atoms with van der Waals surface area (Å²) in [4.78, 5) is 17.8. The fraction of sp³-hybridized carbons (Fsp3) is 0.182. The average Bonchev–Trinajstić information content (AvgIpc) is 2.71. The molecule has 1 fully saturated rings. The van der Waals surface area contributed by atoms with E-state index in [1.807, 2.05) is 30.3 Å². The Kier molecular flexibility index (Phi) is 5.31. The Hall–Kier alpha value is -3.55. The zero-order chi connectivity index (χ0) is 21.1. The molecule has 8 heteroatoms. The summed E-state index contributed by atoms with van der Waals surface area (Å²) in [5, 5.41) is 0. The van der Waals surface area contributed by atoms with Gasteiger partial charge in [0.15, 0.2) is 0 Å². The largest absolute Gasteiger partial charge is 0.471 e. The molecular formula is C22H17F3N2O3. The Morgan fingerprint density at radius 2 is 1.60 bits per heavy atom. The lowest BCUT2D eigenvalue weighted by Crippen LogP contribution is -2.56. The number of halogens is 3. The number of nitrogens with zero attached hydrogens (tertiary/aromatic N) is 2. The van der Waals surface area contributed by atoms with Crippen LogP contribution in [-0.2, 0) is 6.18 Å². The minimum atomic E-state index is -4.44. The van der Waals surface area contributed by atoms with Crippen LogP contribution in [0.5, 0.6) is 17.4 Å². The zero-order valence-corrected chi connectivity index (χ0v) is 15.7. The van der Waals surface area contributed by atoms with E-state index in [9.17, 15) is 18.0 Å². The molecule has 0 aliphatic carbocycles. The number of hydrogen-bond donors (Lipinski definition) is 0. The maximum atomic E-state index is 12.6. The third kappa shape index (κ3) is 4.53. The number of para-hydroxylation sites is 1. The van der Waals surface area contributed by atoms with Crippen molar-refractivity contribution in [3.05, 3.63) is 84.1 Å². The molecule has 1 aliphatic rings. The van der Waals surface area contributed by atoms with Crippen molar-refractivity contribution in [2.45, 2.75) is 12.3 Å². The zero-order valence-electron chi connectivity index (χ0n) is 15.7. The topological polar surface area (TPSA) is 51.7 Å². The molecule has 0 unspecified atom stereocenters. The van der Waals surface area contributed by atoms with Crippen molar-refractivity contribution in [1.29, 1.82) is 0 Å². The molecule has 4 rings (SSSR count). The summed E-state index contributed by atoms with van der Waals surface area (Å²) in [6, 6.07) is 18.2. The SMILES string of the molecule is O=C(c1ccc(Oc2ccccc2)cc1)N1CC(Oc2ccc(C(F)(F)F)cn2)C1. The number of carbonyl (C=O) groups is 1. The summed E-state index contributed by atoms with van der Waals surface area (Å²) in [6.45, 7) is 0.674. The highest BCUT2D eigenvalue weighted by atomic mass is 19.4. The number of rotatable bonds is 5. The molecule has 1 amide bonds. The van der Waals surface area contributed by atoms with Crippen LogP contribution in [0, 0.1) is 0 Å². The summed E-state index contributed by atoms with van der Waals surface area (Å²) in [7, 11) is 0. The Bertz CT molecular complexity index is 1000. The van der Waals surface area contributed by atoms with Gasteiger partial charge in [-0.1, -0.05) is 18.2 Å². The van der Waals surface area contributed by atoms with Crippen LogP contribution < -0.4 is 9.47 Å². The van der Waals surface area contributed by atoms with Crippen molar-refractivity contribution < 1.29 is 27.4 Å². The number of ether oxygens (including phenoxy) is 2. The van der Waals surface area contributed by atoms with Gasteiger partial charge in [-0.2, -0.15) is 13.2 Å². The van der Waals surface area contributed by atoms with Gasteiger partial charge >= 0.3 is 6.18 Å². The number of pyridine rings is 1. The highest BCUT2D eigenvalue weighted by Gasteiger charge is 2.34. The molecule has 0 atom stereocenters. The van der Waals surface area contributed by atoms with Crippen LogP contribution in [0.2, 0.25) is 0 Å². The summed E-state index contributed by atoms with van der Waals surface area (Å²) < 4.78 is 48.9. The molecule has 154 valence electrons. The van der Waals surface area contributed by atoms with Crippen molar-refractivity contribution in [3.8, 4) is 17.4 Å². The van der Waals surface area contributed by atoms with E-state index >= 15 is 0 Å². The third-order valence-electron chi connectivity index (χ3n) is 4.57. The van der Waals surface area contributed by atoms with Crippen molar-refractivity contribution >= 4 is 5.91 Å². The van der Waals surface area contributed by atoms with Crippen LogP contribution in [0.1, 0.15) is 15.9 Å². The van der Waals surface area contributed by atoms with Crippen LogP contribution in [0.4, 0.5) is 13.2 Å². The Morgan fingerprint density at radius 3 is 2.20 bits per heavy atom. The van der Waals surface area contributed by atoms with Crippen molar-refractivity contribution in [3.63, 3.8) is 0 Å². The minimum absolute atomic E-state index is 0.0995. The van der Waals surface area contributed by atoms with Crippen molar-refractivity contribution in [1.82, 2.24) is 9.88 Å². The minimum Gasteiger partial charge on any atom is -0.471 e. The molecule has 0 N–H and O–H groups in total. The first kappa shape index (κ1) is 19.8. The first-order valence-electron chi connectivity index (χ1n) is 9.20. The van der Waals surface area contributed by atoms with Gasteiger partial charge in [0.2, 0.25) is 5.88 Å². The normalized spacial score (nSPS) is 14.2. The van der Waals surface area contributed by atoms with Crippen LogP contribution in [0.25, 0.3) is 0 Å². The standard InChI is InChI=1S/C22H17F3N2O3/c23-22(24,25)16-8-11-20(26-12-16)30-19-13-27(14-19)21(28)15-6-9-18(10-7-15)29-17-4-2-1-3-5-17/h1-12,19H,13-14H2. The van der Waals surface area contributed by atoms with E-state index in [4.69, 9.17) is 9.47 Å². The molecular weight excluding hydrogens is 397 g/mol. The van der Waals surface area contributed by atoms with E-state index in [1.54, 1.807) is 29.2 Å². The highest BCUT2D eigenvalue weighted by Crippen LogP contribution is 2.29. The van der Waals surface area contributed by atoms with Crippen LogP contribution >= 0.6 is 0 Å². The summed E-state index contributed by atoms with van der Waals surface area (Å²) in [6.07, 6.45) is -4.01. The van der Waals surface area contributed by atoms with Crippen molar-refractivity contribution in [2.24, 2.45) is 0 Å². The number of amides is 1. The first-order valence-corrected chi connectivity index (χ1v) is 9.20. The highest BCUT2D eigenvalue weighted by molar-refractivity contribution is 5.94. The predicted octanol–water partition coefficient (Wildman–Crippen LogP) is 4.80. The van der Waals surface area contributed by atoms with Gasteiger partial charge in [-0.3, -0.25) is 4.79 Å². The van der Waals surface area contributed by atoms with Gasteiger partial charge in [0.25, 0.3) is 5.91 Å². The third-order valence-corrected chi connectivity index (χ3v) is 4.57. The molecule has 30 heavy (non-hydrogen) atoms. The molecule has 2 heterocycles. The molecule has 2 aromatic carbocycles. The number of aromatic nitrogens is 1. The lowest BCUT2D eigenvalue weighted by Gasteiger charge is -2.38. The average molecular weight is 414 g/mol. The number of benzene rings is 2. The molecule has 0 spiro atoms. The van der Waals surface area contributed by atoms with E-state index in [1.165, 1.54) is 6.07 Å². The number of hydrogen-bond acceptors (Lipinski definition) is 4. The molecule has 0 bridgehead atoms. The molecule has 1 aliphatic heterocycles. The van der Waals surface area contributed by atoms with E-state index in [0.717, 1.165) is 12.3 Å². The van der Waals surface area contributed by atoms with Gasteiger partial charge in [-0.25, -0.2) is 4.98 Å². The van der Waals surface area contributed by atoms with Gasteiger partial charge < -0.3 is 14.4 Å². The molecule has 5 nitrogen and oxygen atoms in total. The molecule has 0 radical (unpaired) electrons. The second-order valence-electron chi connectivity index (χ2n) is 6.77. The smallest absolute Gasteiger partial charge is 0.417 e. The molecule has 0 saturated carbocycles. The van der Waals surface area contributed by atoms with Crippen LogP contribution in [-0.4, -0.2) is 35.0 Å². The Labute approximate surface area is 170 Å². The van der Waals surface area contributed by atoms with Gasteiger partial charge in [0.05, 0.1) is 18.7 Å². The molecule has 1 aromatic heterocycles. The quantitative estimate of drug-likeness (QED) is 0.602. The second-order valence-corrected chi connectivity index (χ2v) is 6.77. The summed E-state index contributed by atoms with van der Waals surface area (Å²) in [5.41, 5.74) is -0.318. The van der Waals surface area contributed by atoms with Gasteiger partial charge in [0.1, 0.15) is 17.6 Å². The molecule has 1 saturated heterocycles. The lowest BCUT2D eigenvalue weighted by atomic mass is 10.1. The number of carbonyl (C=O) groups excluding carboxylic acids is 1. The fourth-order valence-electron chi connectivity index (χ4n) is 2.94. The monoisotopic (exact) mass is 414 g/mol. The maximum absolute atomic E-state index is 12.6. The number of alkyl halides is 3. The maximum Gasteiger partial charge on any atom is 0.417 e. The van der Waals surface area contributed by atoms with E-state index in [2.05, 4.69) is 4.98 Å². The van der Waals surface area contributed by atoms with Gasteiger partial charge in [-0.15, -0.1) is 0 Å². The predicted molar refractivity (Wildman–Crippen MR) is 103 cm³/mol.